The van der Waals surface area contributed by atoms with Gasteiger partial charge in [0.15, 0.2) is 0 Å². The molecule has 0 saturated carbocycles. The van der Waals surface area contributed by atoms with Gasteiger partial charge in [-0.1, -0.05) is 13.8 Å². The number of rotatable bonds is 8. The summed E-state index contributed by atoms with van der Waals surface area (Å²) >= 11 is 1.47. The second kappa shape index (κ2) is 8.17. The van der Waals surface area contributed by atoms with Gasteiger partial charge >= 0.3 is 0 Å². The maximum absolute atomic E-state index is 12.0. The summed E-state index contributed by atoms with van der Waals surface area (Å²) in [5.41, 5.74) is -0.489. The van der Waals surface area contributed by atoms with Crippen LogP contribution in [-0.2, 0) is 4.79 Å². The van der Waals surface area contributed by atoms with E-state index in [4.69, 9.17) is 4.74 Å². The molecule has 5 heteroatoms. The number of hydrogen-bond acceptors (Lipinski definition) is 4. The molecule has 0 atom stereocenters. The molecule has 1 aromatic carbocycles. The molecule has 20 heavy (non-hydrogen) atoms. The van der Waals surface area contributed by atoms with E-state index in [1.165, 1.54) is 11.8 Å². The summed E-state index contributed by atoms with van der Waals surface area (Å²) in [5, 5.41) is 12.4. The molecule has 4 nitrogen and oxygen atoms in total. The first kappa shape index (κ1) is 16.9. The minimum absolute atomic E-state index is 0.0288. The molecule has 1 rings (SSSR count). The molecule has 0 radical (unpaired) electrons. The fourth-order valence-corrected chi connectivity index (χ4v) is 2.54. The number of hydrogen-bond donors (Lipinski definition) is 2. The molecule has 0 saturated heterocycles. The quantitative estimate of drug-likeness (QED) is 0.724. The third-order valence-corrected chi connectivity index (χ3v) is 4.50. The number of carbonyl (C=O) groups is 1. The Hall–Kier alpha value is -1.20. The Bertz CT molecular complexity index is 407. The number of carbonyl (C=O) groups excluding carboxylic acids is 1. The van der Waals surface area contributed by atoms with Crippen molar-refractivity contribution in [2.75, 3.05) is 19.5 Å². The van der Waals surface area contributed by atoms with E-state index in [2.05, 4.69) is 5.32 Å². The van der Waals surface area contributed by atoms with E-state index in [-0.39, 0.29) is 12.5 Å². The molecule has 0 unspecified atom stereocenters. The number of methoxy groups -OCH3 is 1. The van der Waals surface area contributed by atoms with Crippen molar-refractivity contribution in [3.05, 3.63) is 24.3 Å². The predicted molar refractivity (Wildman–Crippen MR) is 82.3 cm³/mol. The molecule has 0 fully saturated rings. The maximum Gasteiger partial charge on any atom is 0.230 e. The Morgan fingerprint density at radius 1 is 1.30 bits per heavy atom. The number of aliphatic hydroxyl groups excluding tert-OH is 1. The van der Waals surface area contributed by atoms with Gasteiger partial charge in [-0.15, -0.1) is 11.8 Å². The lowest BCUT2D eigenvalue weighted by molar-refractivity contribution is -0.121. The zero-order valence-corrected chi connectivity index (χ0v) is 13.1. The third kappa shape index (κ3) is 4.72. The first-order valence-electron chi connectivity index (χ1n) is 6.78. The van der Waals surface area contributed by atoms with Crippen LogP contribution in [0.15, 0.2) is 29.2 Å². The van der Waals surface area contributed by atoms with E-state index in [9.17, 15) is 9.90 Å². The molecular formula is C15H23NO3S. The van der Waals surface area contributed by atoms with Gasteiger partial charge in [-0.2, -0.15) is 0 Å². The summed E-state index contributed by atoms with van der Waals surface area (Å²) in [6, 6.07) is 7.60. The summed E-state index contributed by atoms with van der Waals surface area (Å²) in [6.07, 6.45) is 1.44. The molecule has 0 spiro atoms. The van der Waals surface area contributed by atoms with E-state index in [0.717, 1.165) is 23.5 Å². The Balaban J connectivity index is 2.50. The highest BCUT2D eigenvalue weighted by atomic mass is 32.2. The van der Waals surface area contributed by atoms with Gasteiger partial charge in [0.05, 0.1) is 25.0 Å². The minimum atomic E-state index is -0.489. The lowest BCUT2D eigenvalue weighted by Gasteiger charge is -2.30. The van der Waals surface area contributed by atoms with Crippen molar-refractivity contribution in [3.63, 3.8) is 0 Å². The van der Waals surface area contributed by atoms with Crippen molar-refractivity contribution in [1.82, 2.24) is 5.32 Å². The minimum Gasteiger partial charge on any atom is -0.497 e. The highest BCUT2D eigenvalue weighted by Gasteiger charge is 2.26. The zero-order valence-electron chi connectivity index (χ0n) is 12.3. The zero-order chi connectivity index (χ0) is 15.0. The summed E-state index contributed by atoms with van der Waals surface area (Å²) in [4.78, 5) is 13.0. The summed E-state index contributed by atoms with van der Waals surface area (Å²) in [7, 11) is 1.62. The molecule has 1 aromatic rings. The first-order chi connectivity index (χ1) is 9.59. The van der Waals surface area contributed by atoms with Crippen molar-refractivity contribution < 1.29 is 14.6 Å². The van der Waals surface area contributed by atoms with Gasteiger partial charge in [-0.05, 0) is 37.1 Å². The van der Waals surface area contributed by atoms with Crippen molar-refractivity contribution in [1.29, 1.82) is 0 Å². The Kier molecular flexibility index (Phi) is 6.88. The number of amides is 1. The molecule has 112 valence electrons. The summed E-state index contributed by atoms with van der Waals surface area (Å²) in [6.45, 7) is 3.91. The summed E-state index contributed by atoms with van der Waals surface area (Å²) < 4.78 is 5.09. The molecule has 2 N–H and O–H groups in total. The van der Waals surface area contributed by atoms with Crippen LogP contribution in [-0.4, -0.2) is 36.0 Å². The SMILES string of the molecule is CCC(CC)(CO)NC(=O)CSc1ccc(OC)cc1. The summed E-state index contributed by atoms with van der Waals surface area (Å²) in [5.74, 6) is 1.09. The number of nitrogens with one attached hydrogen (secondary N) is 1. The number of thioether (sulfide) groups is 1. The van der Waals surface area contributed by atoms with Crippen LogP contribution in [0, 0.1) is 0 Å². The highest BCUT2D eigenvalue weighted by Crippen LogP contribution is 2.21. The van der Waals surface area contributed by atoms with Gasteiger partial charge in [0.1, 0.15) is 5.75 Å². The third-order valence-electron chi connectivity index (χ3n) is 3.49. The monoisotopic (exact) mass is 297 g/mol. The second-order valence-corrected chi connectivity index (χ2v) is 5.71. The predicted octanol–water partition coefficient (Wildman–Crippen LogP) is 2.45. The van der Waals surface area contributed by atoms with Crippen molar-refractivity contribution in [2.45, 2.75) is 37.1 Å². The first-order valence-corrected chi connectivity index (χ1v) is 7.76. The molecule has 0 aromatic heterocycles. The van der Waals surface area contributed by atoms with Gasteiger partial charge in [0.25, 0.3) is 0 Å². The number of benzene rings is 1. The maximum atomic E-state index is 12.0. The second-order valence-electron chi connectivity index (χ2n) is 4.66. The molecule has 0 heterocycles. The van der Waals surface area contributed by atoms with E-state index >= 15 is 0 Å². The van der Waals surface area contributed by atoms with Gasteiger partial charge in [-0.25, -0.2) is 0 Å². The van der Waals surface area contributed by atoms with Crippen LogP contribution in [0.3, 0.4) is 0 Å². The number of aliphatic hydroxyl groups is 1. The van der Waals surface area contributed by atoms with Crippen molar-refractivity contribution in [2.24, 2.45) is 0 Å². The van der Waals surface area contributed by atoms with Gasteiger partial charge in [-0.3, -0.25) is 4.79 Å². The normalized spacial score (nSPS) is 11.2. The van der Waals surface area contributed by atoms with Crippen molar-refractivity contribution >= 4 is 17.7 Å². The topological polar surface area (TPSA) is 58.6 Å². The fraction of sp³-hybridized carbons (Fsp3) is 0.533. The van der Waals surface area contributed by atoms with E-state index in [0.29, 0.717) is 5.75 Å². The van der Waals surface area contributed by atoms with Gasteiger partial charge in [0, 0.05) is 4.90 Å². The van der Waals surface area contributed by atoms with Gasteiger partial charge < -0.3 is 15.2 Å². The highest BCUT2D eigenvalue weighted by molar-refractivity contribution is 8.00. The average molecular weight is 297 g/mol. The fourth-order valence-electron chi connectivity index (χ4n) is 1.84. The standard InChI is InChI=1S/C15H23NO3S/c1-4-15(5-2,11-17)16-14(18)10-20-13-8-6-12(19-3)7-9-13/h6-9,17H,4-5,10-11H2,1-3H3,(H,16,18). The van der Waals surface area contributed by atoms with E-state index in [1.54, 1.807) is 7.11 Å². The van der Waals surface area contributed by atoms with Crippen molar-refractivity contribution in [3.8, 4) is 5.75 Å². The molecular weight excluding hydrogens is 274 g/mol. The van der Waals surface area contributed by atoms with Crippen LogP contribution in [0.25, 0.3) is 0 Å². The average Bonchev–Trinajstić information content (AvgIpc) is 2.51. The molecule has 0 aliphatic rings. The Morgan fingerprint density at radius 3 is 2.35 bits per heavy atom. The van der Waals surface area contributed by atoms with Crippen LogP contribution < -0.4 is 10.1 Å². The molecule has 0 aliphatic carbocycles. The van der Waals surface area contributed by atoms with Crippen LogP contribution in [0.2, 0.25) is 0 Å². The van der Waals surface area contributed by atoms with Gasteiger partial charge in [0.2, 0.25) is 5.91 Å². The lowest BCUT2D eigenvalue weighted by atomic mass is 9.94. The van der Waals surface area contributed by atoms with Crippen LogP contribution in [0.5, 0.6) is 5.75 Å². The molecule has 1 amide bonds. The van der Waals surface area contributed by atoms with Crippen LogP contribution in [0.4, 0.5) is 0 Å². The lowest BCUT2D eigenvalue weighted by Crippen LogP contribution is -2.51. The van der Waals surface area contributed by atoms with E-state index < -0.39 is 5.54 Å². The van der Waals surface area contributed by atoms with Crippen LogP contribution in [0.1, 0.15) is 26.7 Å². The Labute approximate surface area is 124 Å². The molecule has 0 aliphatic heterocycles. The van der Waals surface area contributed by atoms with E-state index in [1.807, 2.05) is 38.1 Å². The largest absolute Gasteiger partial charge is 0.497 e. The Morgan fingerprint density at radius 2 is 1.90 bits per heavy atom. The number of ether oxygens (including phenoxy) is 1. The smallest absolute Gasteiger partial charge is 0.230 e. The molecule has 0 bridgehead atoms. The van der Waals surface area contributed by atoms with Crippen LogP contribution >= 0.6 is 11.8 Å².